The van der Waals surface area contributed by atoms with Crippen molar-refractivity contribution in [1.29, 1.82) is 0 Å². The molecule has 21 heavy (non-hydrogen) atoms. The van der Waals surface area contributed by atoms with E-state index in [1.807, 2.05) is 67.6 Å². The highest BCUT2D eigenvalue weighted by Crippen LogP contribution is 2.08. The van der Waals surface area contributed by atoms with Gasteiger partial charge < -0.3 is 9.47 Å². The Labute approximate surface area is 125 Å². The summed E-state index contributed by atoms with van der Waals surface area (Å²) in [6, 6.07) is 19.6. The summed E-state index contributed by atoms with van der Waals surface area (Å²) in [5.74, 6) is -0.237. The van der Waals surface area contributed by atoms with E-state index in [-0.39, 0.29) is 18.5 Å². The van der Waals surface area contributed by atoms with Crippen LogP contribution in [0.25, 0.3) is 0 Å². The van der Waals surface area contributed by atoms with Gasteiger partial charge in [0.15, 0.2) is 0 Å². The lowest BCUT2D eigenvalue weighted by molar-refractivity contribution is -0.148. The van der Waals surface area contributed by atoms with Gasteiger partial charge in [0.1, 0.15) is 6.61 Å². The molecular weight excluding hydrogens is 264 g/mol. The van der Waals surface area contributed by atoms with Gasteiger partial charge in [-0.2, -0.15) is 0 Å². The Balaban J connectivity index is 1.67. The molecule has 2 aromatic carbocycles. The van der Waals surface area contributed by atoms with E-state index in [2.05, 4.69) is 0 Å². The second-order valence-electron chi connectivity index (χ2n) is 4.96. The highest BCUT2D eigenvalue weighted by atomic mass is 16.5. The van der Waals surface area contributed by atoms with Crippen molar-refractivity contribution in [2.24, 2.45) is 0 Å². The molecule has 3 nitrogen and oxygen atoms in total. The van der Waals surface area contributed by atoms with Gasteiger partial charge in [-0.25, -0.2) is 0 Å². The Hall–Kier alpha value is -2.13. The zero-order valence-corrected chi connectivity index (χ0v) is 12.2. The highest BCUT2D eigenvalue weighted by Gasteiger charge is 2.11. The molecule has 0 fully saturated rings. The topological polar surface area (TPSA) is 35.5 Å². The summed E-state index contributed by atoms with van der Waals surface area (Å²) in [5.41, 5.74) is 2.09. The first kappa shape index (κ1) is 15.3. The maximum Gasteiger partial charge on any atom is 0.308 e. The number of carbonyl (C=O) groups is 1. The standard InChI is InChI=1S/C18H20O3/c1-15(20-13-16-8-4-2-5-9-16)12-18(19)21-14-17-10-6-3-7-11-17/h2-11,15H,12-14H2,1H3. The molecule has 2 aromatic rings. The van der Waals surface area contributed by atoms with E-state index in [1.165, 1.54) is 0 Å². The molecule has 1 atom stereocenters. The van der Waals surface area contributed by atoms with Gasteiger partial charge in [-0.05, 0) is 18.1 Å². The second kappa shape index (κ2) is 8.22. The van der Waals surface area contributed by atoms with Gasteiger partial charge in [0.2, 0.25) is 0 Å². The van der Waals surface area contributed by atoms with Crippen molar-refractivity contribution in [2.45, 2.75) is 32.7 Å². The van der Waals surface area contributed by atoms with Crippen LogP contribution in [0.15, 0.2) is 60.7 Å². The number of ether oxygens (including phenoxy) is 2. The van der Waals surface area contributed by atoms with Gasteiger partial charge in [-0.15, -0.1) is 0 Å². The van der Waals surface area contributed by atoms with Gasteiger partial charge in [-0.1, -0.05) is 60.7 Å². The number of carbonyl (C=O) groups excluding carboxylic acids is 1. The predicted octanol–water partition coefficient (Wildman–Crippen LogP) is 3.73. The highest BCUT2D eigenvalue weighted by molar-refractivity contribution is 5.69. The summed E-state index contributed by atoms with van der Waals surface area (Å²) in [6.07, 6.45) is 0.105. The Morgan fingerprint density at radius 2 is 1.43 bits per heavy atom. The second-order valence-corrected chi connectivity index (χ2v) is 4.96. The van der Waals surface area contributed by atoms with Crippen molar-refractivity contribution in [1.82, 2.24) is 0 Å². The van der Waals surface area contributed by atoms with Crippen molar-refractivity contribution in [3.05, 3.63) is 71.8 Å². The molecule has 0 aliphatic rings. The van der Waals surface area contributed by atoms with Gasteiger partial charge in [0.05, 0.1) is 19.1 Å². The third-order valence-corrected chi connectivity index (χ3v) is 3.07. The third kappa shape index (κ3) is 5.79. The van der Waals surface area contributed by atoms with Crippen LogP contribution < -0.4 is 0 Å². The fourth-order valence-electron chi connectivity index (χ4n) is 1.90. The van der Waals surface area contributed by atoms with E-state index < -0.39 is 0 Å². The van der Waals surface area contributed by atoms with E-state index >= 15 is 0 Å². The maximum absolute atomic E-state index is 11.7. The zero-order chi connectivity index (χ0) is 14.9. The molecule has 0 N–H and O–H groups in total. The molecule has 0 bridgehead atoms. The summed E-state index contributed by atoms with van der Waals surface area (Å²) < 4.78 is 10.9. The normalized spacial score (nSPS) is 11.9. The van der Waals surface area contributed by atoms with Gasteiger partial charge in [0.25, 0.3) is 0 Å². The molecule has 0 amide bonds. The molecule has 0 aliphatic heterocycles. The molecule has 0 radical (unpaired) electrons. The van der Waals surface area contributed by atoms with E-state index in [9.17, 15) is 4.79 Å². The average Bonchev–Trinajstić information content (AvgIpc) is 2.53. The van der Waals surface area contributed by atoms with Crippen LogP contribution in [0.2, 0.25) is 0 Å². The Morgan fingerprint density at radius 1 is 0.905 bits per heavy atom. The number of esters is 1. The molecule has 3 heteroatoms. The van der Waals surface area contributed by atoms with Crippen LogP contribution in [0, 0.1) is 0 Å². The third-order valence-electron chi connectivity index (χ3n) is 3.07. The SMILES string of the molecule is CC(CC(=O)OCc1ccccc1)OCc1ccccc1. The lowest BCUT2D eigenvalue weighted by Gasteiger charge is -2.12. The Kier molecular flexibility index (Phi) is 5.98. The Bertz CT molecular complexity index is 537. The zero-order valence-electron chi connectivity index (χ0n) is 12.2. The minimum atomic E-state index is -0.237. The monoisotopic (exact) mass is 284 g/mol. The van der Waals surface area contributed by atoms with Crippen molar-refractivity contribution in [2.75, 3.05) is 0 Å². The fraction of sp³-hybridized carbons (Fsp3) is 0.278. The molecule has 110 valence electrons. The lowest BCUT2D eigenvalue weighted by Crippen LogP contribution is -2.16. The van der Waals surface area contributed by atoms with E-state index in [4.69, 9.17) is 9.47 Å². The Morgan fingerprint density at radius 3 is 2.00 bits per heavy atom. The van der Waals surface area contributed by atoms with Crippen LogP contribution in [0.1, 0.15) is 24.5 Å². The van der Waals surface area contributed by atoms with E-state index in [1.54, 1.807) is 0 Å². The summed E-state index contributed by atoms with van der Waals surface area (Å²) in [5, 5.41) is 0. The maximum atomic E-state index is 11.7. The fourth-order valence-corrected chi connectivity index (χ4v) is 1.90. The lowest BCUT2D eigenvalue weighted by atomic mass is 10.2. The van der Waals surface area contributed by atoms with Gasteiger partial charge in [0, 0.05) is 0 Å². The minimum absolute atomic E-state index is 0.159. The summed E-state index contributed by atoms with van der Waals surface area (Å²) in [6.45, 7) is 2.70. The molecule has 0 saturated heterocycles. The smallest absolute Gasteiger partial charge is 0.308 e. The number of hydrogen-bond acceptors (Lipinski definition) is 3. The van der Waals surface area contributed by atoms with Crippen LogP contribution in [0.3, 0.4) is 0 Å². The van der Waals surface area contributed by atoms with E-state index in [0.29, 0.717) is 13.2 Å². The summed E-state index contributed by atoms with van der Waals surface area (Å²) in [7, 11) is 0. The van der Waals surface area contributed by atoms with E-state index in [0.717, 1.165) is 11.1 Å². The first-order valence-electron chi connectivity index (χ1n) is 7.09. The van der Waals surface area contributed by atoms with Crippen LogP contribution in [0.4, 0.5) is 0 Å². The van der Waals surface area contributed by atoms with Crippen LogP contribution in [-0.2, 0) is 27.5 Å². The van der Waals surface area contributed by atoms with Crippen molar-refractivity contribution in [3.63, 3.8) is 0 Å². The quantitative estimate of drug-likeness (QED) is 0.727. The number of rotatable bonds is 7. The van der Waals surface area contributed by atoms with Crippen LogP contribution in [-0.4, -0.2) is 12.1 Å². The van der Waals surface area contributed by atoms with Crippen molar-refractivity contribution in [3.8, 4) is 0 Å². The summed E-state index contributed by atoms with van der Waals surface area (Å²) >= 11 is 0. The number of benzene rings is 2. The molecular formula is C18H20O3. The summed E-state index contributed by atoms with van der Waals surface area (Å²) in [4.78, 5) is 11.7. The average molecular weight is 284 g/mol. The van der Waals surface area contributed by atoms with Crippen LogP contribution in [0.5, 0.6) is 0 Å². The molecule has 0 spiro atoms. The van der Waals surface area contributed by atoms with Gasteiger partial charge >= 0.3 is 5.97 Å². The van der Waals surface area contributed by atoms with Crippen LogP contribution >= 0.6 is 0 Å². The first-order valence-corrected chi connectivity index (χ1v) is 7.09. The molecule has 0 saturated carbocycles. The van der Waals surface area contributed by atoms with Gasteiger partial charge in [-0.3, -0.25) is 4.79 Å². The molecule has 2 rings (SSSR count). The molecule has 0 heterocycles. The van der Waals surface area contributed by atoms with Crippen molar-refractivity contribution < 1.29 is 14.3 Å². The molecule has 1 unspecified atom stereocenters. The number of hydrogen-bond donors (Lipinski definition) is 0. The first-order chi connectivity index (χ1) is 10.2. The molecule has 0 aromatic heterocycles. The minimum Gasteiger partial charge on any atom is -0.461 e. The van der Waals surface area contributed by atoms with Crippen molar-refractivity contribution >= 4 is 5.97 Å². The predicted molar refractivity (Wildman–Crippen MR) is 81.5 cm³/mol. The largest absolute Gasteiger partial charge is 0.461 e. The molecule has 0 aliphatic carbocycles.